The summed E-state index contributed by atoms with van der Waals surface area (Å²) in [4.78, 5) is 25.2. The summed E-state index contributed by atoms with van der Waals surface area (Å²) < 4.78 is 27.9. The Morgan fingerprint density at radius 1 is 1.30 bits per heavy atom. The molecule has 1 heterocycles. The van der Waals surface area contributed by atoms with Crippen molar-refractivity contribution >= 4 is 11.8 Å². The second kappa shape index (κ2) is 7.50. The molecule has 2 amide bonds. The van der Waals surface area contributed by atoms with Gasteiger partial charge in [-0.2, -0.15) is 0 Å². The van der Waals surface area contributed by atoms with Gasteiger partial charge in [0.25, 0.3) is 0 Å². The van der Waals surface area contributed by atoms with Crippen LogP contribution in [-0.4, -0.2) is 41.0 Å². The number of aliphatic hydroxyl groups excluding tert-OH is 1. The molecule has 1 saturated heterocycles. The van der Waals surface area contributed by atoms with Crippen LogP contribution < -0.4 is 5.32 Å². The lowest BCUT2D eigenvalue weighted by Gasteiger charge is -2.31. The van der Waals surface area contributed by atoms with E-state index in [9.17, 15) is 23.5 Å². The van der Waals surface area contributed by atoms with Crippen molar-refractivity contribution in [3.8, 4) is 0 Å². The van der Waals surface area contributed by atoms with E-state index in [1.165, 1.54) is 13.0 Å². The van der Waals surface area contributed by atoms with E-state index in [0.717, 1.165) is 12.1 Å². The number of benzene rings is 1. The molecule has 2 N–H and O–H groups in total. The highest BCUT2D eigenvalue weighted by Gasteiger charge is 2.28. The average molecular weight is 326 g/mol. The minimum atomic E-state index is -1.06. The quantitative estimate of drug-likeness (QED) is 0.881. The van der Waals surface area contributed by atoms with Crippen LogP contribution in [0.1, 0.15) is 37.8 Å². The molecule has 0 bridgehead atoms. The predicted molar refractivity (Wildman–Crippen MR) is 79.4 cm³/mol. The average Bonchev–Trinajstić information content (AvgIpc) is 2.46. The van der Waals surface area contributed by atoms with Crippen LogP contribution >= 0.6 is 0 Å². The fourth-order valence-electron chi connectivity index (χ4n) is 2.73. The van der Waals surface area contributed by atoms with Crippen molar-refractivity contribution in [1.82, 2.24) is 10.2 Å². The number of carbonyl (C=O) groups excluding carboxylic acids is 2. The van der Waals surface area contributed by atoms with Crippen molar-refractivity contribution in [2.24, 2.45) is 0 Å². The SMILES string of the molecule is CC(=O)NC(CC(=O)N1CCC(O)CC1)c1c(F)cccc1F. The van der Waals surface area contributed by atoms with Gasteiger partial charge in [0.1, 0.15) is 11.6 Å². The number of nitrogens with one attached hydrogen (secondary N) is 1. The third-order valence-electron chi connectivity index (χ3n) is 3.92. The Morgan fingerprint density at radius 2 is 1.87 bits per heavy atom. The summed E-state index contributed by atoms with van der Waals surface area (Å²) in [6.45, 7) is 2.02. The summed E-state index contributed by atoms with van der Waals surface area (Å²) in [6.07, 6.45) is 0.303. The minimum absolute atomic E-state index is 0.229. The fourth-order valence-corrected chi connectivity index (χ4v) is 2.73. The van der Waals surface area contributed by atoms with Gasteiger partial charge < -0.3 is 15.3 Å². The molecule has 5 nitrogen and oxygen atoms in total. The third-order valence-corrected chi connectivity index (χ3v) is 3.92. The first-order chi connectivity index (χ1) is 10.9. The number of piperidine rings is 1. The standard InChI is InChI=1S/C16H20F2N2O3/c1-10(21)19-14(16-12(17)3-2-4-13(16)18)9-15(23)20-7-5-11(22)6-8-20/h2-4,11,14,22H,5-9H2,1H3,(H,19,21). The first-order valence-corrected chi connectivity index (χ1v) is 7.55. The number of amides is 2. The Morgan fingerprint density at radius 3 is 2.39 bits per heavy atom. The van der Waals surface area contributed by atoms with E-state index in [2.05, 4.69) is 5.32 Å². The molecule has 0 aliphatic carbocycles. The number of carbonyl (C=O) groups is 2. The van der Waals surface area contributed by atoms with Crippen LogP contribution in [0.25, 0.3) is 0 Å². The monoisotopic (exact) mass is 326 g/mol. The lowest BCUT2D eigenvalue weighted by molar-refractivity contribution is -0.134. The number of rotatable bonds is 4. The van der Waals surface area contributed by atoms with E-state index in [1.807, 2.05) is 0 Å². The molecule has 1 fully saturated rings. The van der Waals surface area contributed by atoms with Gasteiger partial charge >= 0.3 is 0 Å². The Bertz CT molecular complexity index is 566. The van der Waals surface area contributed by atoms with Crippen molar-refractivity contribution < 1.29 is 23.5 Å². The first kappa shape index (κ1) is 17.3. The highest BCUT2D eigenvalue weighted by atomic mass is 19.1. The normalized spacial score (nSPS) is 17.0. The number of halogens is 2. The molecular weight excluding hydrogens is 306 g/mol. The molecule has 1 aliphatic heterocycles. The van der Waals surface area contributed by atoms with Gasteiger partial charge in [-0.25, -0.2) is 8.78 Å². The molecule has 0 aromatic heterocycles. The summed E-state index contributed by atoms with van der Waals surface area (Å²) in [7, 11) is 0. The zero-order valence-electron chi connectivity index (χ0n) is 12.9. The maximum Gasteiger partial charge on any atom is 0.224 e. The lowest BCUT2D eigenvalue weighted by atomic mass is 10.00. The third kappa shape index (κ3) is 4.48. The molecule has 1 aliphatic rings. The topological polar surface area (TPSA) is 69.6 Å². The van der Waals surface area contributed by atoms with Crippen LogP contribution in [0.15, 0.2) is 18.2 Å². The molecule has 0 saturated carbocycles. The van der Waals surface area contributed by atoms with E-state index in [0.29, 0.717) is 25.9 Å². The molecule has 1 unspecified atom stereocenters. The molecule has 1 atom stereocenters. The van der Waals surface area contributed by atoms with Gasteiger partial charge in [-0.3, -0.25) is 9.59 Å². The second-order valence-corrected chi connectivity index (χ2v) is 5.70. The number of hydrogen-bond acceptors (Lipinski definition) is 3. The molecule has 0 radical (unpaired) electrons. The highest BCUT2D eigenvalue weighted by molar-refractivity contribution is 5.79. The van der Waals surface area contributed by atoms with Crippen LogP contribution in [-0.2, 0) is 9.59 Å². The first-order valence-electron chi connectivity index (χ1n) is 7.55. The Balaban J connectivity index is 2.16. The van der Waals surface area contributed by atoms with Crippen LogP contribution in [0.4, 0.5) is 8.78 Å². The van der Waals surface area contributed by atoms with Gasteiger partial charge in [-0.15, -0.1) is 0 Å². The number of likely N-dealkylation sites (tertiary alicyclic amines) is 1. The maximum absolute atomic E-state index is 13.9. The van der Waals surface area contributed by atoms with Crippen molar-refractivity contribution in [2.75, 3.05) is 13.1 Å². The summed E-state index contributed by atoms with van der Waals surface area (Å²) in [5.74, 6) is -2.38. The number of aliphatic hydroxyl groups is 1. The van der Waals surface area contributed by atoms with E-state index < -0.39 is 29.7 Å². The zero-order valence-corrected chi connectivity index (χ0v) is 12.9. The molecule has 23 heavy (non-hydrogen) atoms. The molecule has 1 aromatic carbocycles. The zero-order chi connectivity index (χ0) is 17.0. The smallest absolute Gasteiger partial charge is 0.224 e. The summed E-state index contributed by atoms with van der Waals surface area (Å²) in [6, 6.07) is 2.35. The molecule has 126 valence electrons. The van der Waals surface area contributed by atoms with E-state index in [-0.39, 0.29) is 17.9 Å². The van der Waals surface area contributed by atoms with Crippen molar-refractivity contribution in [2.45, 2.75) is 38.3 Å². The van der Waals surface area contributed by atoms with Crippen LogP contribution in [0, 0.1) is 11.6 Å². The molecular formula is C16H20F2N2O3. The van der Waals surface area contributed by atoms with Gasteiger partial charge in [0.05, 0.1) is 18.6 Å². The highest BCUT2D eigenvalue weighted by Crippen LogP contribution is 2.25. The van der Waals surface area contributed by atoms with Crippen LogP contribution in [0.5, 0.6) is 0 Å². The maximum atomic E-state index is 13.9. The molecule has 2 rings (SSSR count). The fraction of sp³-hybridized carbons (Fsp3) is 0.500. The van der Waals surface area contributed by atoms with Crippen molar-refractivity contribution in [3.05, 3.63) is 35.4 Å². The van der Waals surface area contributed by atoms with Crippen molar-refractivity contribution in [3.63, 3.8) is 0 Å². The Hall–Kier alpha value is -2.02. The molecule has 1 aromatic rings. The molecule has 7 heteroatoms. The lowest BCUT2D eigenvalue weighted by Crippen LogP contribution is -2.42. The van der Waals surface area contributed by atoms with Crippen LogP contribution in [0.3, 0.4) is 0 Å². The predicted octanol–water partition coefficient (Wildman–Crippen LogP) is 1.52. The van der Waals surface area contributed by atoms with Crippen molar-refractivity contribution in [1.29, 1.82) is 0 Å². The number of hydrogen-bond donors (Lipinski definition) is 2. The summed E-state index contributed by atoms with van der Waals surface area (Å²) in [5, 5.41) is 11.9. The van der Waals surface area contributed by atoms with Gasteiger partial charge in [0, 0.05) is 25.6 Å². The summed E-state index contributed by atoms with van der Waals surface area (Å²) >= 11 is 0. The minimum Gasteiger partial charge on any atom is -0.393 e. The van der Waals surface area contributed by atoms with Gasteiger partial charge in [0.2, 0.25) is 11.8 Å². The summed E-state index contributed by atoms with van der Waals surface area (Å²) in [5.41, 5.74) is -0.312. The second-order valence-electron chi connectivity index (χ2n) is 5.70. The molecule has 0 spiro atoms. The Kier molecular flexibility index (Phi) is 5.65. The Labute approximate surface area is 133 Å². The van der Waals surface area contributed by atoms with E-state index >= 15 is 0 Å². The van der Waals surface area contributed by atoms with Gasteiger partial charge in [-0.05, 0) is 25.0 Å². The van der Waals surface area contributed by atoms with Gasteiger partial charge in [-0.1, -0.05) is 6.07 Å². The van der Waals surface area contributed by atoms with E-state index in [1.54, 1.807) is 4.90 Å². The van der Waals surface area contributed by atoms with Gasteiger partial charge in [0.15, 0.2) is 0 Å². The number of nitrogens with zero attached hydrogens (tertiary/aromatic N) is 1. The van der Waals surface area contributed by atoms with Crippen LogP contribution in [0.2, 0.25) is 0 Å². The van der Waals surface area contributed by atoms with E-state index in [4.69, 9.17) is 0 Å². The largest absolute Gasteiger partial charge is 0.393 e.